The van der Waals surface area contributed by atoms with Crippen LogP contribution in [0.5, 0.6) is 0 Å². The van der Waals surface area contributed by atoms with Gasteiger partial charge in [0.2, 0.25) is 0 Å². The summed E-state index contributed by atoms with van der Waals surface area (Å²) in [6.45, 7) is 3.55. The number of halogens is 2. The Labute approximate surface area is 103 Å². The minimum absolute atomic E-state index is 0. The molecule has 84 valence electrons. The topological polar surface area (TPSA) is 15.3 Å². The summed E-state index contributed by atoms with van der Waals surface area (Å²) in [7, 11) is 0. The van der Waals surface area contributed by atoms with Gasteiger partial charge in [0.1, 0.15) is 0 Å². The van der Waals surface area contributed by atoms with Gasteiger partial charge in [0, 0.05) is 19.6 Å². The van der Waals surface area contributed by atoms with Gasteiger partial charge >= 0.3 is 0 Å². The molecule has 0 unspecified atom stereocenters. The first kappa shape index (κ1) is 12.5. The van der Waals surface area contributed by atoms with Crippen molar-refractivity contribution in [1.29, 1.82) is 0 Å². The molecule has 0 bridgehead atoms. The van der Waals surface area contributed by atoms with Crippen molar-refractivity contribution >= 4 is 36.2 Å². The van der Waals surface area contributed by atoms with Crippen molar-refractivity contribution in [3.63, 3.8) is 0 Å². The van der Waals surface area contributed by atoms with Gasteiger partial charge in [-0.15, -0.1) is 24.8 Å². The largest absolute Gasteiger partial charge is 0.383 e. The van der Waals surface area contributed by atoms with Crippen LogP contribution in [0.25, 0.3) is 0 Å². The molecule has 0 aromatic heterocycles. The summed E-state index contributed by atoms with van der Waals surface area (Å²) in [5.74, 6) is 0. The molecule has 2 aliphatic rings. The Morgan fingerprint density at radius 1 is 1.13 bits per heavy atom. The first-order valence-corrected chi connectivity index (χ1v) is 5.06. The highest BCUT2D eigenvalue weighted by Crippen LogP contribution is 2.36. The van der Waals surface area contributed by atoms with Crippen molar-refractivity contribution in [2.24, 2.45) is 0 Å². The molecule has 0 saturated carbocycles. The van der Waals surface area contributed by atoms with E-state index in [0.717, 1.165) is 6.54 Å². The number of anilines is 2. The molecule has 2 aliphatic heterocycles. The van der Waals surface area contributed by atoms with Crippen LogP contribution in [-0.2, 0) is 6.42 Å². The molecule has 1 N–H and O–H groups in total. The molecule has 0 saturated heterocycles. The van der Waals surface area contributed by atoms with Gasteiger partial charge in [0.25, 0.3) is 0 Å². The van der Waals surface area contributed by atoms with Crippen molar-refractivity contribution in [1.82, 2.24) is 0 Å². The predicted octanol–water partition coefficient (Wildman–Crippen LogP) is 2.71. The van der Waals surface area contributed by atoms with Crippen LogP contribution >= 0.6 is 24.8 Å². The van der Waals surface area contributed by atoms with Crippen LogP contribution < -0.4 is 10.2 Å². The first-order valence-electron chi connectivity index (χ1n) is 5.06. The average molecular weight is 247 g/mol. The van der Waals surface area contributed by atoms with Crippen LogP contribution in [0, 0.1) is 0 Å². The summed E-state index contributed by atoms with van der Waals surface area (Å²) in [5.41, 5.74) is 4.33. The molecule has 2 heterocycles. The summed E-state index contributed by atoms with van der Waals surface area (Å²) in [6, 6.07) is 6.62. The summed E-state index contributed by atoms with van der Waals surface area (Å²) in [5, 5.41) is 3.49. The number of hydrogen-bond donors (Lipinski definition) is 1. The molecule has 15 heavy (non-hydrogen) atoms. The third kappa shape index (κ3) is 2.01. The van der Waals surface area contributed by atoms with Gasteiger partial charge in [0.15, 0.2) is 0 Å². The van der Waals surface area contributed by atoms with E-state index in [-0.39, 0.29) is 24.8 Å². The second-order valence-electron chi connectivity index (χ2n) is 3.83. The van der Waals surface area contributed by atoms with E-state index >= 15 is 0 Å². The second kappa shape index (κ2) is 4.95. The smallest absolute Gasteiger partial charge is 0.0635 e. The van der Waals surface area contributed by atoms with Gasteiger partial charge < -0.3 is 10.2 Å². The minimum Gasteiger partial charge on any atom is -0.383 e. The van der Waals surface area contributed by atoms with E-state index in [9.17, 15) is 0 Å². The maximum absolute atomic E-state index is 3.49. The Morgan fingerprint density at radius 3 is 2.87 bits per heavy atom. The van der Waals surface area contributed by atoms with E-state index in [1.54, 1.807) is 0 Å². The van der Waals surface area contributed by atoms with Crippen molar-refractivity contribution in [2.45, 2.75) is 12.8 Å². The molecule has 1 aromatic rings. The minimum atomic E-state index is 0. The summed E-state index contributed by atoms with van der Waals surface area (Å²) < 4.78 is 0. The zero-order chi connectivity index (χ0) is 8.67. The molecule has 0 fully saturated rings. The van der Waals surface area contributed by atoms with E-state index in [2.05, 4.69) is 28.4 Å². The molecule has 3 rings (SSSR count). The van der Waals surface area contributed by atoms with Crippen molar-refractivity contribution < 1.29 is 0 Å². The van der Waals surface area contributed by atoms with Gasteiger partial charge in [-0.1, -0.05) is 12.1 Å². The lowest BCUT2D eigenvalue weighted by Gasteiger charge is -2.17. The normalized spacial score (nSPS) is 16.7. The molecule has 4 heteroatoms. The van der Waals surface area contributed by atoms with Gasteiger partial charge in [-0.25, -0.2) is 0 Å². The third-order valence-electron chi connectivity index (χ3n) is 3.01. The molecular weight excluding hydrogens is 231 g/mol. The highest BCUT2D eigenvalue weighted by molar-refractivity contribution is 5.85. The van der Waals surface area contributed by atoms with Crippen molar-refractivity contribution in [2.75, 3.05) is 29.9 Å². The number of rotatable bonds is 0. The molecule has 2 nitrogen and oxygen atoms in total. The summed E-state index contributed by atoms with van der Waals surface area (Å²) in [4.78, 5) is 2.52. The molecule has 0 radical (unpaired) electrons. The van der Waals surface area contributed by atoms with Crippen molar-refractivity contribution in [3.05, 3.63) is 23.8 Å². The highest BCUT2D eigenvalue weighted by atomic mass is 35.5. The average Bonchev–Trinajstić information content (AvgIpc) is 2.44. The lowest BCUT2D eigenvalue weighted by atomic mass is 10.1. The quantitative estimate of drug-likeness (QED) is 0.758. The number of nitrogens with one attached hydrogen (secondary N) is 1. The van der Waals surface area contributed by atoms with Gasteiger partial charge in [0.05, 0.1) is 11.4 Å². The fraction of sp³-hybridized carbons (Fsp3) is 0.455. The van der Waals surface area contributed by atoms with Crippen LogP contribution in [0.15, 0.2) is 18.2 Å². The van der Waals surface area contributed by atoms with E-state index < -0.39 is 0 Å². The van der Waals surface area contributed by atoms with Crippen LogP contribution in [0.4, 0.5) is 11.4 Å². The van der Waals surface area contributed by atoms with E-state index in [0.29, 0.717) is 0 Å². The Bertz CT molecular complexity index is 341. The Morgan fingerprint density at radius 2 is 2.00 bits per heavy atom. The van der Waals surface area contributed by atoms with E-state index in [1.165, 1.54) is 42.9 Å². The van der Waals surface area contributed by atoms with Gasteiger partial charge in [-0.3, -0.25) is 0 Å². The van der Waals surface area contributed by atoms with Crippen LogP contribution in [-0.4, -0.2) is 19.6 Å². The zero-order valence-electron chi connectivity index (χ0n) is 8.53. The number of hydrogen-bond acceptors (Lipinski definition) is 2. The van der Waals surface area contributed by atoms with Crippen LogP contribution in [0.3, 0.4) is 0 Å². The van der Waals surface area contributed by atoms with E-state index in [4.69, 9.17) is 0 Å². The highest BCUT2D eigenvalue weighted by Gasteiger charge is 2.23. The Hall–Kier alpha value is -0.600. The Kier molecular flexibility index (Phi) is 4.12. The van der Waals surface area contributed by atoms with E-state index in [1.807, 2.05) is 0 Å². The molecule has 0 atom stereocenters. The summed E-state index contributed by atoms with van der Waals surface area (Å²) in [6.07, 6.45) is 2.49. The molecular formula is C11H16Cl2N2. The Balaban J connectivity index is 0.000000562. The number of para-hydroxylation sites is 1. The fourth-order valence-electron chi connectivity index (χ4n) is 2.39. The first-order chi connectivity index (χ1) is 6.45. The fourth-order valence-corrected chi connectivity index (χ4v) is 2.39. The zero-order valence-corrected chi connectivity index (χ0v) is 10.2. The standard InChI is InChI=1S/C11H14N2.2ClH/c1-3-9-5-8-13-7-2-6-12-10(4-1)11(9)13;;/h1,3-4,12H,2,5-8H2;2*1H. The third-order valence-corrected chi connectivity index (χ3v) is 3.01. The number of nitrogens with zero attached hydrogens (tertiary/aromatic N) is 1. The van der Waals surface area contributed by atoms with Gasteiger partial charge in [-0.05, 0) is 24.5 Å². The lowest BCUT2D eigenvalue weighted by Crippen LogP contribution is -2.20. The van der Waals surface area contributed by atoms with Gasteiger partial charge in [-0.2, -0.15) is 0 Å². The number of benzene rings is 1. The van der Waals surface area contributed by atoms with Crippen LogP contribution in [0.2, 0.25) is 0 Å². The lowest BCUT2D eigenvalue weighted by molar-refractivity contribution is 0.787. The SMILES string of the molecule is Cl.Cl.c1cc2c3c(c1)NCCCN3CC2. The predicted molar refractivity (Wildman–Crippen MR) is 70.0 cm³/mol. The monoisotopic (exact) mass is 246 g/mol. The summed E-state index contributed by atoms with van der Waals surface area (Å²) >= 11 is 0. The second-order valence-corrected chi connectivity index (χ2v) is 3.83. The maximum Gasteiger partial charge on any atom is 0.0635 e. The molecule has 0 aliphatic carbocycles. The molecule has 0 spiro atoms. The molecule has 1 aromatic carbocycles. The molecule has 0 amide bonds. The maximum atomic E-state index is 3.49. The van der Waals surface area contributed by atoms with Crippen LogP contribution in [0.1, 0.15) is 12.0 Å². The van der Waals surface area contributed by atoms with Crippen molar-refractivity contribution in [3.8, 4) is 0 Å².